The Morgan fingerprint density at radius 2 is 1.54 bits per heavy atom. The Morgan fingerprint density at radius 3 is 2.10 bits per heavy atom. The van der Waals surface area contributed by atoms with Gasteiger partial charge in [-0.1, -0.05) is 85.5 Å². The molecule has 0 aliphatic carbocycles. The van der Waals surface area contributed by atoms with Crippen LogP contribution in [0.4, 0.5) is 14.5 Å². The van der Waals surface area contributed by atoms with E-state index in [1.165, 1.54) is 52.4 Å². The molecule has 0 aliphatic heterocycles. The summed E-state index contributed by atoms with van der Waals surface area (Å²) in [7, 11) is 0. The molecule has 2 rings (SSSR count). The number of unbranched alkanes of at least 4 members (excludes halogenated alkanes) is 9. The van der Waals surface area contributed by atoms with Crippen LogP contribution in [0.3, 0.4) is 0 Å². The van der Waals surface area contributed by atoms with Gasteiger partial charge >= 0.3 is 5.97 Å². The smallest absolute Gasteiger partial charge is 0.308 e. The summed E-state index contributed by atoms with van der Waals surface area (Å²) < 4.78 is 39.9. The number of benzene rings is 2. The third-order valence-corrected chi connectivity index (χ3v) is 7.08. The number of phenolic OH excluding ortho intramolecular Hbond substituents is 1. The van der Waals surface area contributed by atoms with Crippen LogP contribution in [0.5, 0.6) is 17.2 Å². The first-order valence-electron chi connectivity index (χ1n) is 14.8. The molecule has 1 amide bonds. The van der Waals surface area contributed by atoms with Crippen molar-refractivity contribution in [1.29, 1.82) is 0 Å². The zero-order valence-corrected chi connectivity index (χ0v) is 25.5. The van der Waals surface area contributed by atoms with Gasteiger partial charge in [0.25, 0.3) is 5.91 Å². The monoisotopic (exact) mass is 575 g/mol. The van der Waals surface area contributed by atoms with Crippen LogP contribution in [0.2, 0.25) is 0 Å². The minimum Gasteiger partial charge on any atom is -0.503 e. The van der Waals surface area contributed by atoms with Crippen LogP contribution in [0.1, 0.15) is 116 Å². The van der Waals surface area contributed by atoms with E-state index in [1.807, 2.05) is 20.8 Å². The molecule has 0 aromatic heterocycles. The predicted molar refractivity (Wildman–Crippen MR) is 159 cm³/mol. The molecule has 2 aromatic carbocycles. The maximum absolute atomic E-state index is 14.3. The second kappa shape index (κ2) is 16.3. The molecule has 2 aromatic rings. The number of esters is 1. The van der Waals surface area contributed by atoms with Gasteiger partial charge in [0.1, 0.15) is 17.3 Å². The highest BCUT2D eigenvalue weighted by Gasteiger charge is 2.26. The van der Waals surface area contributed by atoms with E-state index >= 15 is 0 Å². The lowest BCUT2D eigenvalue weighted by Gasteiger charge is -2.24. The minimum atomic E-state index is -1.12. The summed E-state index contributed by atoms with van der Waals surface area (Å²) in [6.45, 7) is 10.7. The number of aromatic hydroxyl groups is 1. The number of carbonyl (C=O) groups excluding carboxylic acids is 2. The first-order valence-corrected chi connectivity index (χ1v) is 14.8. The van der Waals surface area contributed by atoms with E-state index in [0.717, 1.165) is 30.9 Å². The lowest BCUT2D eigenvalue weighted by Crippen LogP contribution is -2.33. The molecule has 228 valence electrons. The molecule has 1 unspecified atom stereocenters. The molecule has 0 aliphatic rings. The Balaban J connectivity index is 2.16. The molecule has 41 heavy (non-hydrogen) atoms. The highest BCUT2D eigenvalue weighted by molar-refractivity contribution is 5.95. The van der Waals surface area contributed by atoms with E-state index < -0.39 is 35.4 Å². The summed E-state index contributed by atoms with van der Waals surface area (Å²) in [5, 5.41) is 12.6. The average Bonchev–Trinajstić information content (AvgIpc) is 2.90. The number of carbonyl (C=O) groups is 2. The molecule has 2 N–H and O–H groups in total. The maximum atomic E-state index is 14.3. The molecule has 8 heteroatoms. The topological polar surface area (TPSA) is 84.9 Å². The first-order chi connectivity index (χ1) is 19.3. The second-order valence-corrected chi connectivity index (χ2v) is 11.8. The summed E-state index contributed by atoms with van der Waals surface area (Å²) >= 11 is 0. The minimum absolute atomic E-state index is 0.332. The highest BCUT2D eigenvalue weighted by atomic mass is 19.1. The number of rotatable bonds is 16. The lowest BCUT2D eigenvalue weighted by molar-refractivity contribution is -0.132. The third-order valence-electron chi connectivity index (χ3n) is 7.08. The van der Waals surface area contributed by atoms with Gasteiger partial charge in [0.2, 0.25) is 0 Å². The summed E-state index contributed by atoms with van der Waals surface area (Å²) in [5.41, 5.74) is -0.348. The van der Waals surface area contributed by atoms with Gasteiger partial charge < -0.3 is 19.9 Å². The average molecular weight is 576 g/mol. The quantitative estimate of drug-likeness (QED) is 0.0904. The normalized spacial score (nSPS) is 12.2. The zero-order chi connectivity index (χ0) is 30.6. The number of ether oxygens (including phenoxy) is 2. The van der Waals surface area contributed by atoms with Crippen LogP contribution >= 0.6 is 0 Å². The number of phenols is 1. The van der Waals surface area contributed by atoms with Crippen molar-refractivity contribution < 1.29 is 33.0 Å². The van der Waals surface area contributed by atoms with Crippen LogP contribution in [0.15, 0.2) is 24.3 Å². The van der Waals surface area contributed by atoms with Crippen LogP contribution < -0.4 is 14.8 Å². The zero-order valence-electron chi connectivity index (χ0n) is 25.5. The van der Waals surface area contributed by atoms with E-state index in [9.17, 15) is 23.5 Å². The van der Waals surface area contributed by atoms with Crippen molar-refractivity contribution in [1.82, 2.24) is 0 Å². The fourth-order valence-corrected chi connectivity index (χ4v) is 4.65. The molecule has 0 radical (unpaired) electrons. The summed E-state index contributed by atoms with van der Waals surface area (Å²) in [5.74, 6) is -3.09. The molecule has 0 spiro atoms. The van der Waals surface area contributed by atoms with Gasteiger partial charge in [0, 0.05) is 24.1 Å². The van der Waals surface area contributed by atoms with Crippen LogP contribution in [-0.2, 0) is 15.0 Å². The summed E-state index contributed by atoms with van der Waals surface area (Å²) in [6.07, 6.45) is 10.7. The molecular formula is C33H47F2NO5. The number of hydrogen-bond donors (Lipinski definition) is 2. The van der Waals surface area contributed by atoms with Gasteiger partial charge in [-0.2, -0.15) is 0 Å². The van der Waals surface area contributed by atoms with Crippen LogP contribution in [0.25, 0.3) is 0 Å². The van der Waals surface area contributed by atoms with Crippen molar-refractivity contribution in [3.8, 4) is 17.2 Å². The Bertz CT molecular complexity index is 1160. The van der Waals surface area contributed by atoms with Gasteiger partial charge in [-0.3, -0.25) is 9.59 Å². The molecule has 0 bridgehead atoms. The molecular weight excluding hydrogens is 528 g/mol. The standard InChI is InChI=1S/C33H47F2NO5/c1-7-8-9-10-11-12-13-14-15-16-17-29(32(39)36-27-21-26(34)22(2)30(35)31(27)38)41-24-18-19-28(40-23(3)37)25(20-24)33(4,5)6/h18-21,29,38H,7-17H2,1-6H3,(H,36,39). The van der Waals surface area contributed by atoms with Crippen molar-refractivity contribution >= 4 is 17.6 Å². The van der Waals surface area contributed by atoms with E-state index in [1.54, 1.807) is 18.2 Å². The SMILES string of the molecule is CCCCCCCCCCCCC(Oc1ccc(OC(C)=O)c(C(C)(C)C)c1)C(=O)Nc1cc(F)c(C)c(F)c1O. The van der Waals surface area contributed by atoms with Gasteiger partial charge in [-0.05, 0) is 43.4 Å². The van der Waals surface area contributed by atoms with Crippen molar-refractivity contribution in [3.63, 3.8) is 0 Å². The second-order valence-electron chi connectivity index (χ2n) is 11.8. The van der Waals surface area contributed by atoms with Gasteiger partial charge in [0.05, 0.1) is 5.69 Å². The molecule has 0 saturated heterocycles. The van der Waals surface area contributed by atoms with Crippen molar-refractivity contribution in [2.45, 2.75) is 124 Å². The number of nitrogens with one attached hydrogen (secondary N) is 1. The Kier molecular flexibility index (Phi) is 13.6. The number of hydrogen-bond acceptors (Lipinski definition) is 5. The van der Waals surface area contributed by atoms with Gasteiger partial charge in [-0.25, -0.2) is 8.78 Å². The van der Waals surface area contributed by atoms with Gasteiger partial charge in [-0.15, -0.1) is 0 Å². The fraction of sp³-hybridized carbons (Fsp3) is 0.576. The van der Waals surface area contributed by atoms with E-state index in [-0.39, 0.29) is 16.7 Å². The number of anilines is 1. The molecule has 0 heterocycles. The predicted octanol–water partition coefficient (Wildman–Crippen LogP) is 8.90. The summed E-state index contributed by atoms with van der Waals surface area (Å²) in [6, 6.07) is 5.88. The molecule has 0 saturated carbocycles. The van der Waals surface area contributed by atoms with E-state index in [2.05, 4.69) is 12.2 Å². The number of amides is 1. The van der Waals surface area contributed by atoms with Gasteiger partial charge in [0.15, 0.2) is 17.7 Å². The lowest BCUT2D eigenvalue weighted by atomic mass is 9.86. The maximum Gasteiger partial charge on any atom is 0.308 e. The Morgan fingerprint density at radius 1 is 0.951 bits per heavy atom. The third kappa shape index (κ3) is 11.0. The van der Waals surface area contributed by atoms with Crippen molar-refractivity contribution in [2.24, 2.45) is 0 Å². The van der Waals surface area contributed by atoms with Crippen LogP contribution in [-0.4, -0.2) is 23.1 Å². The number of halogens is 2. The largest absolute Gasteiger partial charge is 0.503 e. The molecule has 0 fully saturated rings. The molecule has 6 nitrogen and oxygen atoms in total. The van der Waals surface area contributed by atoms with Crippen molar-refractivity contribution in [3.05, 3.63) is 47.0 Å². The first kappa shape index (κ1) is 34.0. The molecule has 1 atom stereocenters. The summed E-state index contributed by atoms with van der Waals surface area (Å²) in [4.78, 5) is 24.9. The van der Waals surface area contributed by atoms with E-state index in [4.69, 9.17) is 9.47 Å². The Hall–Kier alpha value is -3.16. The van der Waals surface area contributed by atoms with Crippen molar-refractivity contribution in [2.75, 3.05) is 5.32 Å². The van der Waals surface area contributed by atoms with Crippen LogP contribution in [0, 0.1) is 18.6 Å². The van der Waals surface area contributed by atoms with E-state index in [0.29, 0.717) is 24.3 Å². The fourth-order valence-electron chi connectivity index (χ4n) is 4.65. The highest BCUT2D eigenvalue weighted by Crippen LogP contribution is 2.36. The Labute approximate surface area is 243 Å².